The minimum absolute atomic E-state index is 0.113. The van der Waals surface area contributed by atoms with Crippen LogP contribution in [0.2, 0.25) is 0 Å². The van der Waals surface area contributed by atoms with Crippen molar-refractivity contribution >= 4 is 23.4 Å². The van der Waals surface area contributed by atoms with Gasteiger partial charge in [-0.15, -0.1) is 10.2 Å². The Labute approximate surface area is 203 Å². The van der Waals surface area contributed by atoms with Crippen molar-refractivity contribution in [1.29, 1.82) is 0 Å². The van der Waals surface area contributed by atoms with Gasteiger partial charge in [-0.25, -0.2) is 0 Å². The number of rotatable bonds is 11. The second-order valence-electron chi connectivity index (χ2n) is 7.47. The summed E-state index contributed by atoms with van der Waals surface area (Å²) < 4.78 is 23.6. The molecule has 182 valence electrons. The number of para-hydroxylation sites is 1. The van der Waals surface area contributed by atoms with Crippen LogP contribution in [-0.4, -0.2) is 61.5 Å². The predicted molar refractivity (Wildman–Crippen MR) is 132 cm³/mol. The highest BCUT2D eigenvalue weighted by atomic mass is 32.2. The smallest absolute Gasteiger partial charge is 0.234 e. The van der Waals surface area contributed by atoms with Crippen molar-refractivity contribution in [2.75, 3.05) is 46.1 Å². The third-order valence-corrected chi connectivity index (χ3v) is 6.20. The minimum Gasteiger partial charge on any atom is -0.493 e. The molecule has 0 saturated carbocycles. The third kappa shape index (κ3) is 5.63. The molecule has 3 aromatic rings. The summed E-state index contributed by atoms with van der Waals surface area (Å²) in [5.41, 5.74) is 3.62. The molecule has 34 heavy (non-hydrogen) atoms. The van der Waals surface area contributed by atoms with E-state index in [4.69, 9.17) is 18.9 Å². The number of anilines is 1. The van der Waals surface area contributed by atoms with Crippen LogP contribution in [0, 0.1) is 13.8 Å². The first-order valence-corrected chi connectivity index (χ1v) is 11.6. The number of amides is 1. The highest BCUT2D eigenvalue weighted by molar-refractivity contribution is 7.99. The summed E-state index contributed by atoms with van der Waals surface area (Å²) in [4.78, 5) is 12.7. The number of methoxy groups -OCH3 is 4. The Bertz CT molecular complexity index is 1100. The van der Waals surface area contributed by atoms with Gasteiger partial charge in [-0.05, 0) is 37.1 Å². The average Bonchev–Trinajstić information content (AvgIpc) is 3.25. The van der Waals surface area contributed by atoms with Gasteiger partial charge in [0, 0.05) is 18.4 Å². The van der Waals surface area contributed by atoms with E-state index in [9.17, 15) is 4.79 Å². The van der Waals surface area contributed by atoms with Gasteiger partial charge in [0.1, 0.15) is 0 Å². The van der Waals surface area contributed by atoms with Gasteiger partial charge < -0.3 is 24.3 Å². The molecule has 0 atom stereocenters. The Kier molecular flexibility index (Phi) is 8.78. The van der Waals surface area contributed by atoms with Crippen LogP contribution in [0.5, 0.6) is 17.2 Å². The Morgan fingerprint density at radius 1 is 1.00 bits per heavy atom. The lowest BCUT2D eigenvalue weighted by Gasteiger charge is -2.15. The Morgan fingerprint density at radius 2 is 1.65 bits per heavy atom. The van der Waals surface area contributed by atoms with E-state index in [1.54, 1.807) is 28.4 Å². The van der Waals surface area contributed by atoms with Gasteiger partial charge >= 0.3 is 0 Å². The van der Waals surface area contributed by atoms with Gasteiger partial charge in [0.2, 0.25) is 11.7 Å². The summed E-state index contributed by atoms with van der Waals surface area (Å²) in [5, 5.41) is 12.3. The van der Waals surface area contributed by atoms with E-state index in [2.05, 4.69) is 15.5 Å². The number of nitrogens with one attached hydrogen (secondary N) is 1. The van der Waals surface area contributed by atoms with Crippen molar-refractivity contribution in [3.63, 3.8) is 0 Å². The van der Waals surface area contributed by atoms with Crippen LogP contribution in [0.1, 0.15) is 11.1 Å². The van der Waals surface area contributed by atoms with E-state index >= 15 is 0 Å². The third-order valence-electron chi connectivity index (χ3n) is 5.24. The summed E-state index contributed by atoms with van der Waals surface area (Å²) in [5.74, 6) is 2.20. The first-order chi connectivity index (χ1) is 16.4. The van der Waals surface area contributed by atoms with Crippen LogP contribution in [0.3, 0.4) is 0 Å². The van der Waals surface area contributed by atoms with Crippen LogP contribution in [-0.2, 0) is 16.1 Å². The van der Waals surface area contributed by atoms with Crippen molar-refractivity contribution in [2.45, 2.75) is 25.5 Å². The predicted octanol–water partition coefficient (Wildman–Crippen LogP) is 3.96. The van der Waals surface area contributed by atoms with Gasteiger partial charge in [0.25, 0.3) is 0 Å². The van der Waals surface area contributed by atoms with Crippen LogP contribution in [0.4, 0.5) is 5.69 Å². The fourth-order valence-electron chi connectivity index (χ4n) is 3.52. The van der Waals surface area contributed by atoms with Gasteiger partial charge in [-0.1, -0.05) is 30.0 Å². The van der Waals surface area contributed by atoms with E-state index in [0.29, 0.717) is 41.4 Å². The molecule has 0 fully saturated rings. The molecule has 1 heterocycles. The molecule has 3 rings (SSSR count). The lowest BCUT2D eigenvalue weighted by Crippen LogP contribution is -2.16. The maximum Gasteiger partial charge on any atom is 0.234 e. The van der Waals surface area contributed by atoms with Gasteiger partial charge in [-0.3, -0.25) is 9.36 Å². The lowest BCUT2D eigenvalue weighted by molar-refractivity contribution is -0.113. The highest BCUT2D eigenvalue weighted by Crippen LogP contribution is 2.41. The lowest BCUT2D eigenvalue weighted by atomic mass is 10.1. The van der Waals surface area contributed by atoms with E-state index in [-0.39, 0.29) is 11.7 Å². The second kappa shape index (κ2) is 11.8. The molecule has 0 aliphatic carbocycles. The zero-order valence-electron chi connectivity index (χ0n) is 20.3. The van der Waals surface area contributed by atoms with Gasteiger partial charge in [-0.2, -0.15) is 0 Å². The largest absolute Gasteiger partial charge is 0.493 e. The average molecular weight is 487 g/mol. The zero-order chi connectivity index (χ0) is 24.7. The molecule has 0 saturated heterocycles. The Balaban J connectivity index is 1.87. The minimum atomic E-state index is -0.113. The quantitative estimate of drug-likeness (QED) is 0.407. The van der Waals surface area contributed by atoms with Crippen molar-refractivity contribution in [3.8, 4) is 28.6 Å². The highest BCUT2D eigenvalue weighted by Gasteiger charge is 2.20. The number of hydrogen-bond donors (Lipinski definition) is 1. The van der Waals surface area contributed by atoms with E-state index in [1.807, 2.05) is 48.7 Å². The van der Waals surface area contributed by atoms with E-state index in [1.165, 1.54) is 11.8 Å². The molecule has 0 spiro atoms. The topological polar surface area (TPSA) is 96.7 Å². The van der Waals surface area contributed by atoms with Gasteiger partial charge in [0.05, 0.1) is 40.2 Å². The molecule has 1 N–H and O–H groups in total. The molecule has 0 radical (unpaired) electrons. The molecule has 1 aromatic heterocycles. The molecule has 0 aliphatic heterocycles. The van der Waals surface area contributed by atoms with Crippen molar-refractivity contribution < 1.29 is 23.7 Å². The zero-order valence-corrected chi connectivity index (χ0v) is 21.1. The van der Waals surface area contributed by atoms with Crippen LogP contribution >= 0.6 is 11.8 Å². The fourth-order valence-corrected chi connectivity index (χ4v) is 4.29. The summed E-state index contributed by atoms with van der Waals surface area (Å²) >= 11 is 1.31. The maximum atomic E-state index is 12.7. The number of aromatic nitrogens is 3. The molecule has 0 bridgehead atoms. The summed E-state index contributed by atoms with van der Waals surface area (Å²) in [6.07, 6.45) is 0. The maximum absolute atomic E-state index is 12.7. The molecular formula is C24H30N4O5S. The van der Waals surface area contributed by atoms with Crippen molar-refractivity contribution in [3.05, 3.63) is 41.5 Å². The normalized spacial score (nSPS) is 10.8. The monoisotopic (exact) mass is 486 g/mol. The number of ether oxygens (including phenoxy) is 4. The van der Waals surface area contributed by atoms with E-state index < -0.39 is 0 Å². The number of nitrogens with zero attached hydrogens (tertiary/aromatic N) is 3. The molecule has 1 amide bonds. The van der Waals surface area contributed by atoms with Gasteiger partial charge in [0.15, 0.2) is 22.5 Å². The summed E-state index contributed by atoms with van der Waals surface area (Å²) in [6.45, 7) is 4.91. The second-order valence-corrected chi connectivity index (χ2v) is 8.41. The molecule has 0 aliphatic rings. The SMILES string of the molecule is COCCn1c(SCC(=O)Nc2c(C)cccc2C)nnc1-c1cc(OC)c(OC)c(OC)c1. The number of benzene rings is 2. The van der Waals surface area contributed by atoms with E-state index in [0.717, 1.165) is 22.4 Å². The summed E-state index contributed by atoms with van der Waals surface area (Å²) in [6, 6.07) is 9.55. The van der Waals surface area contributed by atoms with Crippen molar-refractivity contribution in [2.24, 2.45) is 0 Å². The summed E-state index contributed by atoms with van der Waals surface area (Å²) in [7, 11) is 6.31. The molecule has 2 aromatic carbocycles. The van der Waals surface area contributed by atoms with Crippen LogP contribution in [0.15, 0.2) is 35.5 Å². The number of aryl methyl sites for hydroxylation is 2. The standard InChI is InChI=1S/C24H30N4O5S/c1-15-8-7-9-16(2)21(15)25-20(29)14-34-24-27-26-23(28(24)10-11-30-3)17-12-18(31-4)22(33-6)19(13-17)32-5/h7-9,12-13H,10-11,14H2,1-6H3,(H,25,29). The first-order valence-electron chi connectivity index (χ1n) is 10.6. The van der Waals surface area contributed by atoms with Crippen LogP contribution in [0.25, 0.3) is 11.4 Å². The number of carbonyl (C=O) groups excluding carboxylic acids is 1. The number of thioether (sulfide) groups is 1. The first kappa shape index (κ1) is 25.4. The van der Waals surface area contributed by atoms with Crippen molar-refractivity contribution in [1.82, 2.24) is 14.8 Å². The Hall–Kier alpha value is -3.24. The Morgan fingerprint density at radius 3 is 2.21 bits per heavy atom. The number of hydrogen-bond acceptors (Lipinski definition) is 8. The fraction of sp³-hybridized carbons (Fsp3) is 0.375. The number of carbonyl (C=O) groups is 1. The molecule has 0 unspecified atom stereocenters. The molecule has 10 heteroatoms. The van der Waals surface area contributed by atoms with Crippen LogP contribution < -0.4 is 19.5 Å². The molecule has 9 nitrogen and oxygen atoms in total. The molecular weight excluding hydrogens is 456 g/mol.